The SMILES string of the molecule is CC([C]=O)c1cccc(N)c1. The van der Waals surface area contributed by atoms with Gasteiger partial charge in [-0.2, -0.15) is 0 Å². The lowest BCUT2D eigenvalue weighted by Gasteiger charge is -2.02. The molecule has 0 aliphatic carbocycles. The molecule has 1 radical (unpaired) electrons. The Kier molecular flexibility index (Phi) is 2.26. The molecular weight excluding hydrogens is 138 g/mol. The summed E-state index contributed by atoms with van der Waals surface area (Å²) in [4.78, 5) is 10.3. The maximum Gasteiger partial charge on any atom is 0.206 e. The van der Waals surface area contributed by atoms with Crippen LogP contribution in [0.5, 0.6) is 0 Å². The third kappa shape index (κ3) is 1.80. The van der Waals surface area contributed by atoms with E-state index in [2.05, 4.69) is 0 Å². The van der Waals surface area contributed by atoms with Gasteiger partial charge in [0.2, 0.25) is 6.29 Å². The van der Waals surface area contributed by atoms with Gasteiger partial charge in [0.25, 0.3) is 0 Å². The molecule has 1 rings (SSSR count). The zero-order valence-corrected chi connectivity index (χ0v) is 6.37. The lowest BCUT2D eigenvalue weighted by molar-refractivity contribution is 0.546. The van der Waals surface area contributed by atoms with Gasteiger partial charge in [0.1, 0.15) is 0 Å². The van der Waals surface area contributed by atoms with Crippen LogP contribution in [0.2, 0.25) is 0 Å². The fourth-order valence-electron chi connectivity index (χ4n) is 0.896. The molecule has 0 saturated heterocycles. The van der Waals surface area contributed by atoms with Crippen LogP contribution in [0.3, 0.4) is 0 Å². The van der Waals surface area contributed by atoms with Crippen molar-refractivity contribution in [3.63, 3.8) is 0 Å². The molecule has 1 aromatic rings. The van der Waals surface area contributed by atoms with Crippen molar-refractivity contribution in [1.82, 2.24) is 0 Å². The highest BCUT2D eigenvalue weighted by atomic mass is 16.1. The molecule has 0 aliphatic rings. The number of carbonyl (C=O) groups excluding carboxylic acids is 1. The topological polar surface area (TPSA) is 43.1 Å². The summed E-state index contributed by atoms with van der Waals surface area (Å²) in [7, 11) is 0. The second-order valence-corrected chi connectivity index (χ2v) is 2.51. The molecule has 2 nitrogen and oxygen atoms in total. The third-order valence-corrected chi connectivity index (χ3v) is 1.59. The summed E-state index contributed by atoms with van der Waals surface area (Å²) in [6.45, 7) is 1.79. The number of anilines is 1. The van der Waals surface area contributed by atoms with Gasteiger partial charge in [0.15, 0.2) is 0 Å². The molecule has 11 heavy (non-hydrogen) atoms. The standard InChI is InChI=1S/C9H10NO/c1-7(6-11)8-3-2-4-9(10)5-8/h2-5,7H,10H2,1H3. The molecule has 2 N–H and O–H groups in total. The van der Waals surface area contributed by atoms with Crippen molar-refractivity contribution in [2.75, 3.05) is 5.73 Å². The molecule has 0 spiro atoms. The van der Waals surface area contributed by atoms with E-state index in [1.54, 1.807) is 19.1 Å². The highest BCUT2D eigenvalue weighted by molar-refractivity contribution is 5.63. The van der Waals surface area contributed by atoms with Crippen molar-refractivity contribution in [2.24, 2.45) is 0 Å². The lowest BCUT2D eigenvalue weighted by Crippen LogP contribution is -1.95. The summed E-state index contributed by atoms with van der Waals surface area (Å²) in [5, 5.41) is 0. The number of rotatable bonds is 2. The monoisotopic (exact) mass is 148 g/mol. The summed E-state index contributed by atoms with van der Waals surface area (Å²) < 4.78 is 0. The number of nitrogens with two attached hydrogens (primary N) is 1. The van der Waals surface area contributed by atoms with Crippen molar-refractivity contribution in [3.05, 3.63) is 29.8 Å². The number of hydrogen-bond acceptors (Lipinski definition) is 2. The van der Waals surface area contributed by atoms with E-state index in [1.807, 2.05) is 18.4 Å². The van der Waals surface area contributed by atoms with Gasteiger partial charge in [-0.25, -0.2) is 0 Å². The molecule has 1 atom stereocenters. The second-order valence-electron chi connectivity index (χ2n) is 2.51. The minimum Gasteiger partial charge on any atom is -0.399 e. The molecule has 0 bridgehead atoms. The third-order valence-electron chi connectivity index (χ3n) is 1.59. The molecule has 1 aromatic carbocycles. The van der Waals surface area contributed by atoms with E-state index in [0.29, 0.717) is 5.69 Å². The van der Waals surface area contributed by atoms with Gasteiger partial charge in [0.05, 0.1) is 0 Å². The zero-order valence-electron chi connectivity index (χ0n) is 6.37. The van der Waals surface area contributed by atoms with Gasteiger partial charge in [-0.1, -0.05) is 19.1 Å². The van der Waals surface area contributed by atoms with Crippen LogP contribution in [0.4, 0.5) is 5.69 Å². The fourth-order valence-corrected chi connectivity index (χ4v) is 0.896. The van der Waals surface area contributed by atoms with Crippen molar-refractivity contribution < 1.29 is 4.79 Å². The van der Waals surface area contributed by atoms with Crippen LogP contribution in [-0.4, -0.2) is 6.29 Å². The predicted octanol–water partition coefficient (Wildman–Crippen LogP) is 1.48. The van der Waals surface area contributed by atoms with Crippen LogP contribution in [0.25, 0.3) is 0 Å². The average Bonchev–Trinajstić information content (AvgIpc) is 2.03. The molecule has 0 aromatic heterocycles. The van der Waals surface area contributed by atoms with Crippen LogP contribution >= 0.6 is 0 Å². The molecule has 1 unspecified atom stereocenters. The molecule has 0 heterocycles. The molecule has 0 amide bonds. The van der Waals surface area contributed by atoms with Crippen LogP contribution < -0.4 is 5.73 Å². The average molecular weight is 148 g/mol. The van der Waals surface area contributed by atoms with Gasteiger partial charge >= 0.3 is 0 Å². The predicted molar refractivity (Wildman–Crippen MR) is 45.0 cm³/mol. The molecule has 2 heteroatoms. The Morgan fingerprint density at radius 3 is 2.82 bits per heavy atom. The first-order valence-corrected chi connectivity index (χ1v) is 3.47. The van der Waals surface area contributed by atoms with Gasteiger partial charge in [-0.15, -0.1) is 0 Å². The Balaban J connectivity index is 2.95. The zero-order chi connectivity index (χ0) is 8.27. The Hall–Kier alpha value is -1.31. The van der Waals surface area contributed by atoms with E-state index in [9.17, 15) is 4.79 Å². The van der Waals surface area contributed by atoms with E-state index < -0.39 is 0 Å². The maximum absolute atomic E-state index is 10.3. The smallest absolute Gasteiger partial charge is 0.206 e. The van der Waals surface area contributed by atoms with E-state index in [1.165, 1.54) is 0 Å². The Labute approximate surface area is 66.0 Å². The highest BCUT2D eigenvalue weighted by Crippen LogP contribution is 2.14. The van der Waals surface area contributed by atoms with Crippen LogP contribution in [-0.2, 0) is 4.79 Å². The van der Waals surface area contributed by atoms with Gasteiger partial charge in [0, 0.05) is 11.6 Å². The summed E-state index contributed by atoms with van der Waals surface area (Å²) in [5.74, 6) is -0.182. The summed E-state index contributed by atoms with van der Waals surface area (Å²) in [6, 6.07) is 7.28. The lowest BCUT2D eigenvalue weighted by atomic mass is 10.0. The fraction of sp³-hybridized carbons (Fsp3) is 0.222. The molecule has 0 aliphatic heterocycles. The summed E-state index contributed by atoms with van der Waals surface area (Å²) >= 11 is 0. The van der Waals surface area contributed by atoms with Crippen molar-refractivity contribution >= 4 is 12.0 Å². The number of hydrogen-bond donors (Lipinski definition) is 1. The van der Waals surface area contributed by atoms with Gasteiger partial charge in [-0.05, 0) is 17.7 Å². The normalized spacial score (nSPS) is 12.5. The first-order valence-electron chi connectivity index (χ1n) is 3.47. The summed E-state index contributed by atoms with van der Waals surface area (Å²) in [5.41, 5.74) is 7.12. The maximum atomic E-state index is 10.3. The highest BCUT2D eigenvalue weighted by Gasteiger charge is 2.03. The molecule has 0 saturated carbocycles. The van der Waals surface area contributed by atoms with Crippen molar-refractivity contribution in [2.45, 2.75) is 12.8 Å². The summed E-state index contributed by atoms with van der Waals surface area (Å²) in [6.07, 6.45) is 1.90. The largest absolute Gasteiger partial charge is 0.399 e. The minimum atomic E-state index is -0.182. The molecular formula is C9H10NO. The number of nitrogen functional groups attached to an aromatic ring is 1. The number of benzene rings is 1. The first kappa shape index (κ1) is 7.79. The quantitative estimate of drug-likeness (QED) is 0.645. The van der Waals surface area contributed by atoms with E-state index >= 15 is 0 Å². The van der Waals surface area contributed by atoms with E-state index in [-0.39, 0.29) is 5.92 Å². The minimum absolute atomic E-state index is 0.182. The first-order chi connectivity index (χ1) is 5.24. The van der Waals surface area contributed by atoms with Crippen LogP contribution in [0.1, 0.15) is 18.4 Å². The second kappa shape index (κ2) is 3.19. The Morgan fingerprint density at radius 2 is 2.27 bits per heavy atom. The van der Waals surface area contributed by atoms with Crippen LogP contribution in [0.15, 0.2) is 24.3 Å². The van der Waals surface area contributed by atoms with Gasteiger partial charge in [-0.3, -0.25) is 4.79 Å². The van der Waals surface area contributed by atoms with E-state index in [4.69, 9.17) is 5.73 Å². The Morgan fingerprint density at radius 1 is 1.55 bits per heavy atom. The Bertz CT molecular complexity index is 257. The molecule has 0 fully saturated rings. The molecule has 57 valence electrons. The van der Waals surface area contributed by atoms with Crippen molar-refractivity contribution in [3.8, 4) is 0 Å². The van der Waals surface area contributed by atoms with Crippen molar-refractivity contribution in [1.29, 1.82) is 0 Å². The van der Waals surface area contributed by atoms with Crippen LogP contribution in [0, 0.1) is 0 Å². The van der Waals surface area contributed by atoms with Gasteiger partial charge < -0.3 is 5.73 Å². The van der Waals surface area contributed by atoms with E-state index in [0.717, 1.165) is 5.56 Å².